The van der Waals surface area contributed by atoms with Crippen LogP contribution >= 0.6 is 0 Å². The van der Waals surface area contributed by atoms with Gasteiger partial charge in [0, 0.05) is 12.7 Å². The average molecular weight is 450 g/mol. The van der Waals surface area contributed by atoms with Crippen LogP contribution in [0.4, 0.5) is 9.59 Å². The SMILES string of the molecule is C=CCOC(=O)O[C@@H]1[C@@H](OC(=O)OCC=C)[C@@H](OC)O[C@@H]2COC(c3ccccc3)O[C@@H]12. The van der Waals surface area contributed by atoms with E-state index in [1.54, 1.807) is 0 Å². The van der Waals surface area contributed by atoms with Gasteiger partial charge in [-0.3, -0.25) is 0 Å². The van der Waals surface area contributed by atoms with E-state index in [9.17, 15) is 9.59 Å². The first kappa shape index (κ1) is 23.7. The van der Waals surface area contributed by atoms with Crippen molar-refractivity contribution in [2.24, 2.45) is 0 Å². The monoisotopic (exact) mass is 450 g/mol. The topological polar surface area (TPSA) is 108 Å². The van der Waals surface area contributed by atoms with E-state index in [0.29, 0.717) is 0 Å². The van der Waals surface area contributed by atoms with Crippen LogP contribution in [0.1, 0.15) is 11.9 Å². The van der Waals surface area contributed by atoms with Gasteiger partial charge in [-0.2, -0.15) is 0 Å². The van der Waals surface area contributed by atoms with Gasteiger partial charge in [-0.1, -0.05) is 55.6 Å². The molecule has 0 aromatic heterocycles. The van der Waals surface area contributed by atoms with E-state index in [1.807, 2.05) is 30.3 Å². The fraction of sp³-hybridized carbons (Fsp3) is 0.455. The second-order valence-electron chi connectivity index (χ2n) is 6.82. The van der Waals surface area contributed by atoms with E-state index in [1.165, 1.54) is 19.3 Å². The quantitative estimate of drug-likeness (QED) is 0.433. The zero-order chi connectivity index (χ0) is 22.9. The predicted octanol–water partition coefficient (Wildman–Crippen LogP) is 2.89. The summed E-state index contributed by atoms with van der Waals surface area (Å²) in [5, 5.41) is 0. The molecule has 10 heteroatoms. The number of benzene rings is 1. The molecule has 2 fully saturated rings. The number of carbonyl (C=O) groups is 2. The van der Waals surface area contributed by atoms with Gasteiger partial charge < -0.3 is 37.9 Å². The molecule has 32 heavy (non-hydrogen) atoms. The zero-order valence-corrected chi connectivity index (χ0v) is 17.6. The van der Waals surface area contributed by atoms with Crippen molar-refractivity contribution in [3.05, 3.63) is 61.2 Å². The lowest BCUT2D eigenvalue weighted by atomic mass is 9.97. The van der Waals surface area contributed by atoms with Gasteiger partial charge in [0.05, 0.1) is 6.61 Å². The molecule has 0 radical (unpaired) electrons. The van der Waals surface area contributed by atoms with Crippen LogP contribution in [0.2, 0.25) is 0 Å². The summed E-state index contributed by atoms with van der Waals surface area (Å²) in [4.78, 5) is 24.4. The van der Waals surface area contributed by atoms with E-state index in [4.69, 9.17) is 37.9 Å². The highest BCUT2D eigenvalue weighted by molar-refractivity contribution is 5.61. The molecular weight excluding hydrogens is 424 g/mol. The summed E-state index contributed by atoms with van der Waals surface area (Å²) in [6, 6.07) is 9.22. The number of methoxy groups -OCH3 is 1. The summed E-state index contributed by atoms with van der Waals surface area (Å²) < 4.78 is 43.7. The minimum Gasteiger partial charge on any atom is -0.430 e. The second kappa shape index (κ2) is 11.6. The first-order chi connectivity index (χ1) is 15.6. The number of hydrogen-bond donors (Lipinski definition) is 0. The van der Waals surface area contributed by atoms with Crippen LogP contribution in [0.15, 0.2) is 55.6 Å². The maximum absolute atomic E-state index is 12.2. The molecule has 2 saturated heterocycles. The lowest BCUT2D eigenvalue weighted by Gasteiger charge is -2.47. The summed E-state index contributed by atoms with van der Waals surface area (Å²) in [6.45, 7) is 6.96. The minimum absolute atomic E-state index is 0.0621. The molecule has 1 aromatic carbocycles. The van der Waals surface area contributed by atoms with Crippen molar-refractivity contribution in [1.82, 2.24) is 0 Å². The van der Waals surface area contributed by atoms with Crippen LogP contribution in [0.25, 0.3) is 0 Å². The van der Waals surface area contributed by atoms with E-state index in [0.717, 1.165) is 5.56 Å². The van der Waals surface area contributed by atoms with Gasteiger partial charge in [0.1, 0.15) is 25.4 Å². The number of ether oxygens (including phenoxy) is 8. The van der Waals surface area contributed by atoms with Crippen molar-refractivity contribution in [1.29, 1.82) is 0 Å². The smallest absolute Gasteiger partial charge is 0.430 e. The third-order valence-electron chi connectivity index (χ3n) is 4.69. The molecule has 3 rings (SSSR count). The van der Waals surface area contributed by atoms with Gasteiger partial charge in [0.25, 0.3) is 0 Å². The van der Waals surface area contributed by atoms with Crippen molar-refractivity contribution < 1.29 is 47.5 Å². The first-order valence-electron chi connectivity index (χ1n) is 9.96. The Morgan fingerprint density at radius 2 is 1.62 bits per heavy atom. The largest absolute Gasteiger partial charge is 0.509 e. The van der Waals surface area contributed by atoms with Gasteiger partial charge in [0.2, 0.25) is 0 Å². The maximum atomic E-state index is 12.2. The van der Waals surface area contributed by atoms with Crippen molar-refractivity contribution in [2.45, 2.75) is 37.0 Å². The fourth-order valence-corrected chi connectivity index (χ4v) is 3.32. The van der Waals surface area contributed by atoms with Crippen LogP contribution in [0, 0.1) is 0 Å². The Hall–Kier alpha value is -2.92. The normalized spacial score (nSPS) is 29.2. The standard InChI is InChI=1S/C22H26O10/c1-4-11-26-21(23)31-17-16-15(13-28-19(30-16)14-9-7-6-8-10-14)29-20(25-3)18(17)32-22(24)27-12-5-2/h4-10,15-20H,1-2,11-13H2,3H3/t15-,16-,17+,18-,19?,20+/m1/s1. The van der Waals surface area contributed by atoms with Gasteiger partial charge >= 0.3 is 12.3 Å². The fourth-order valence-electron chi connectivity index (χ4n) is 3.32. The summed E-state index contributed by atoms with van der Waals surface area (Å²) >= 11 is 0. The molecule has 10 nitrogen and oxygen atoms in total. The van der Waals surface area contributed by atoms with Crippen LogP contribution in [0.3, 0.4) is 0 Å². The molecule has 2 heterocycles. The molecule has 2 aliphatic rings. The molecule has 0 spiro atoms. The molecular formula is C22H26O10. The Morgan fingerprint density at radius 3 is 2.22 bits per heavy atom. The number of hydrogen-bond acceptors (Lipinski definition) is 10. The number of carbonyl (C=O) groups excluding carboxylic acids is 2. The predicted molar refractivity (Wildman–Crippen MR) is 109 cm³/mol. The van der Waals surface area contributed by atoms with Gasteiger partial charge in [0.15, 0.2) is 24.8 Å². The number of fused-ring (bicyclic) bond motifs is 1. The Bertz CT molecular complexity index is 782. The molecule has 1 unspecified atom stereocenters. The maximum Gasteiger partial charge on any atom is 0.509 e. The van der Waals surface area contributed by atoms with Crippen LogP contribution in [-0.2, 0) is 37.9 Å². The van der Waals surface area contributed by atoms with Gasteiger partial charge in [-0.25, -0.2) is 9.59 Å². The van der Waals surface area contributed by atoms with Crippen LogP contribution in [0.5, 0.6) is 0 Å². The van der Waals surface area contributed by atoms with Crippen LogP contribution < -0.4 is 0 Å². The van der Waals surface area contributed by atoms with E-state index >= 15 is 0 Å². The van der Waals surface area contributed by atoms with E-state index in [2.05, 4.69) is 13.2 Å². The molecule has 0 N–H and O–H groups in total. The third-order valence-corrected chi connectivity index (χ3v) is 4.69. The Balaban J connectivity index is 1.84. The van der Waals surface area contributed by atoms with Crippen LogP contribution in [-0.4, -0.2) is 69.9 Å². The molecule has 174 valence electrons. The van der Waals surface area contributed by atoms with Gasteiger partial charge in [-0.05, 0) is 0 Å². The highest BCUT2D eigenvalue weighted by Gasteiger charge is 2.54. The molecule has 0 saturated carbocycles. The van der Waals surface area contributed by atoms with Crippen molar-refractivity contribution >= 4 is 12.3 Å². The van der Waals surface area contributed by atoms with E-state index < -0.39 is 49.3 Å². The Labute approximate surface area is 185 Å². The van der Waals surface area contributed by atoms with E-state index in [-0.39, 0.29) is 19.8 Å². The highest BCUT2D eigenvalue weighted by Crippen LogP contribution is 2.36. The Kier molecular flexibility index (Phi) is 8.63. The zero-order valence-electron chi connectivity index (χ0n) is 17.6. The van der Waals surface area contributed by atoms with Crippen molar-refractivity contribution in [3.8, 4) is 0 Å². The molecule has 0 aliphatic carbocycles. The highest BCUT2D eigenvalue weighted by atomic mass is 16.8. The second-order valence-corrected chi connectivity index (χ2v) is 6.82. The minimum atomic E-state index is -1.20. The molecule has 6 atom stereocenters. The third kappa shape index (κ3) is 5.86. The summed E-state index contributed by atoms with van der Waals surface area (Å²) in [7, 11) is 1.36. The Morgan fingerprint density at radius 1 is 1.00 bits per heavy atom. The van der Waals surface area contributed by atoms with Gasteiger partial charge in [-0.15, -0.1) is 0 Å². The molecule has 2 aliphatic heterocycles. The summed E-state index contributed by atoms with van der Waals surface area (Å²) in [5.74, 6) is 0. The molecule has 0 bridgehead atoms. The summed E-state index contributed by atoms with van der Waals surface area (Å²) in [6.07, 6.45) is -4.92. The lowest BCUT2D eigenvalue weighted by molar-refractivity contribution is -0.358. The lowest BCUT2D eigenvalue weighted by Crippen LogP contribution is -2.64. The van der Waals surface area contributed by atoms with Crippen molar-refractivity contribution in [2.75, 3.05) is 26.9 Å². The number of rotatable bonds is 8. The molecule has 1 aromatic rings. The summed E-state index contributed by atoms with van der Waals surface area (Å²) in [5.41, 5.74) is 0.760. The first-order valence-corrected chi connectivity index (χ1v) is 9.96. The molecule has 0 amide bonds. The average Bonchev–Trinajstić information content (AvgIpc) is 2.82. The van der Waals surface area contributed by atoms with Crippen molar-refractivity contribution in [3.63, 3.8) is 0 Å².